The molecule has 0 aromatic heterocycles. The number of esters is 1. The number of nitrogens with zero attached hydrogens (tertiary/aromatic N) is 2. The van der Waals surface area contributed by atoms with Crippen LogP contribution in [0.2, 0.25) is 0 Å². The number of methoxy groups -OCH3 is 1. The monoisotopic (exact) mass is 362 g/mol. The van der Waals surface area contributed by atoms with Gasteiger partial charge in [0, 0.05) is 6.07 Å². The van der Waals surface area contributed by atoms with E-state index in [1.54, 1.807) is 25.1 Å². The average molecular weight is 362 g/mol. The second-order valence-corrected chi connectivity index (χ2v) is 5.89. The molecule has 0 radical (unpaired) electrons. The molecule has 8 heteroatoms. The lowest BCUT2D eigenvalue weighted by Gasteiger charge is -2.18. The molecule has 0 aliphatic carbocycles. The minimum atomic E-state index is -0.473. The summed E-state index contributed by atoms with van der Waals surface area (Å²) < 4.78 is 15.7. The van der Waals surface area contributed by atoms with Gasteiger partial charge in [-0.3, -0.25) is 4.79 Å². The maximum atomic E-state index is 12.0. The maximum Gasteiger partial charge on any atom is 0.333 e. The van der Waals surface area contributed by atoms with Crippen molar-refractivity contribution in [2.45, 2.75) is 6.92 Å². The number of hydrogen-bond acceptors (Lipinski definition) is 7. The topological polar surface area (TPSA) is 88.9 Å². The highest BCUT2D eigenvalue weighted by atomic mass is 32.2. The van der Waals surface area contributed by atoms with E-state index in [9.17, 15) is 9.59 Å². The van der Waals surface area contributed by atoms with Crippen LogP contribution in [0.3, 0.4) is 0 Å². The van der Waals surface area contributed by atoms with Crippen LogP contribution in [-0.4, -0.2) is 49.4 Å². The molecular weight excluding hydrogens is 344 g/mol. The summed E-state index contributed by atoms with van der Waals surface area (Å²) in [6, 6.07) is 6.88. The second kappa shape index (κ2) is 8.99. The van der Waals surface area contributed by atoms with Gasteiger partial charge in [0.1, 0.15) is 6.61 Å². The van der Waals surface area contributed by atoms with Gasteiger partial charge >= 0.3 is 5.97 Å². The smallest absolute Gasteiger partial charge is 0.333 e. The third-order valence-electron chi connectivity index (χ3n) is 3.30. The van der Waals surface area contributed by atoms with Crippen molar-refractivity contribution in [1.82, 2.24) is 4.90 Å². The highest BCUT2D eigenvalue weighted by Gasteiger charge is 2.27. The Morgan fingerprint density at radius 2 is 2.24 bits per heavy atom. The average Bonchev–Trinajstić information content (AvgIpc) is 2.95. The number of hydrogen-bond donors (Lipinski definition) is 0. The summed E-state index contributed by atoms with van der Waals surface area (Å²) in [5.41, 5.74) is 0.468. The number of nitriles is 1. The van der Waals surface area contributed by atoms with Gasteiger partial charge < -0.3 is 19.1 Å². The first-order valence-electron chi connectivity index (χ1n) is 7.61. The molecule has 1 heterocycles. The number of ether oxygens (including phenoxy) is 3. The minimum Gasteiger partial charge on any atom is -0.493 e. The fourth-order valence-electron chi connectivity index (χ4n) is 2.16. The number of rotatable bonds is 7. The molecule has 1 aliphatic rings. The zero-order chi connectivity index (χ0) is 18.2. The van der Waals surface area contributed by atoms with E-state index in [1.807, 2.05) is 6.07 Å². The van der Waals surface area contributed by atoms with Gasteiger partial charge in [-0.05, 0) is 19.1 Å². The minimum absolute atomic E-state index is 0.0871. The Bertz CT molecular complexity index is 726. The molecule has 2 rings (SSSR count). The van der Waals surface area contributed by atoms with Crippen LogP contribution in [0.1, 0.15) is 12.5 Å². The zero-order valence-corrected chi connectivity index (χ0v) is 14.8. The Labute approximate surface area is 150 Å². The van der Waals surface area contributed by atoms with Crippen LogP contribution < -0.4 is 9.47 Å². The Morgan fingerprint density at radius 1 is 1.44 bits per heavy atom. The summed E-state index contributed by atoms with van der Waals surface area (Å²) >= 11 is 1.29. The lowest BCUT2D eigenvalue weighted by Crippen LogP contribution is -2.29. The van der Waals surface area contributed by atoms with E-state index in [4.69, 9.17) is 19.5 Å². The quantitative estimate of drug-likeness (QED) is 0.541. The van der Waals surface area contributed by atoms with E-state index < -0.39 is 5.97 Å². The Kier molecular flexibility index (Phi) is 6.71. The maximum absolute atomic E-state index is 12.0. The van der Waals surface area contributed by atoms with Crippen LogP contribution in [0, 0.1) is 11.3 Å². The largest absolute Gasteiger partial charge is 0.493 e. The number of thioether (sulfide) groups is 1. The van der Waals surface area contributed by atoms with Gasteiger partial charge in [-0.15, -0.1) is 0 Å². The molecule has 1 fully saturated rings. The molecule has 1 aliphatic heterocycles. The molecule has 0 unspecified atom stereocenters. The number of carbonyl (C=O) groups excluding carboxylic acids is 2. The SMILES string of the molecule is CCOC(=O)/C=C1\SCC(=O)N1CCOc1ccc(C#N)cc1OC. The standard InChI is InChI=1S/C17H18N2O5S/c1-3-23-17(21)9-16-19(15(20)11-25-16)6-7-24-13-5-4-12(10-18)8-14(13)22-2/h4-5,8-9H,3,6-7,11H2,1-2H3/b16-9-. The summed E-state index contributed by atoms with van der Waals surface area (Å²) in [6.45, 7) is 2.51. The van der Waals surface area contributed by atoms with Crippen molar-refractivity contribution < 1.29 is 23.8 Å². The normalized spacial score (nSPS) is 15.2. The summed E-state index contributed by atoms with van der Waals surface area (Å²) in [7, 11) is 1.49. The van der Waals surface area contributed by atoms with Crippen molar-refractivity contribution >= 4 is 23.6 Å². The molecule has 0 N–H and O–H groups in total. The van der Waals surface area contributed by atoms with Crippen LogP contribution >= 0.6 is 11.8 Å². The molecule has 1 aromatic carbocycles. The number of amides is 1. The van der Waals surface area contributed by atoms with Gasteiger partial charge in [0.25, 0.3) is 0 Å². The van der Waals surface area contributed by atoms with Crippen molar-refractivity contribution in [2.75, 3.05) is 32.6 Å². The van der Waals surface area contributed by atoms with Gasteiger partial charge in [-0.2, -0.15) is 5.26 Å². The van der Waals surface area contributed by atoms with Crippen LogP contribution in [0.5, 0.6) is 11.5 Å². The van der Waals surface area contributed by atoms with E-state index >= 15 is 0 Å². The van der Waals surface area contributed by atoms with E-state index in [-0.39, 0.29) is 24.9 Å². The van der Waals surface area contributed by atoms with Gasteiger partial charge in [0.15, 0.2) is 11.5 Å². The van der Waals surface area contributed by atoms with E-state index in [0.29, 0.717) is 28.6 Å². The van der Waals surface area contributed by atoms with Crippen molar-refractivity contribution in [3.63, 3.8) is 0 Å². The van der Waals surface area contributed by atoms with Crippen molar-refractivity contribution in [2.24, 2.45) is 0 Å². The molecule has 7 nitrogen and oxygen atoms in total. The molecule has 0 saturated carbocycles. The lowest BCUT2D eigenvalue weighted by atomic mass is 10.2. The Balaban J connectivity index is 1.99. The van der Waals surface area contributed by atoms with Gasteiger partial charge in [0.05, 0.1) is 48.8 Å². The summed E-state index contributed by atoms with van der Waals surface area (Å²) in [6.07, 6.45) is 1.32. The van der Waals surface area contributed by atoms with E-state index in [2.05, 4.69) is 0 Å². The first-order chi connectivity index (χ1) is 12.1. The summed E-state index contributed by atoms with van der Waals surface area (Å²) in [4.78, 5) is 25.0. The Morgan fingerprint density at radius 3 is 2.92 bits per heavy atom. The fourth-order valence-corrected chi connectivity index (χ4v) is 3.11. The molecule has 0 bridgehead atoms. The van der Waals surface area contributed by atoms with Gasteiger partial charge in [-0.1, -0.05) is 11.8 Å². The van der Waals surface area contributed by atoms with Crippen LogP contribution in [0.4, 0.5) is 0 Å². The molecule has 1 amide bonds. The molecule has 132 valence electrons. The van der Waals surface area contributed by atoms with Crippen molar-refractivity contribution in [1.29, 1.82) is 5.26 Å². The molecule has 0 spiro atoms. The highest BCUT2D eigenvalue weighted by molar-refractivity contribution is 8.04. The van der Waals surface area contributed by atoms with E-state index in [1.165, 1.54) is 29.8 Å². The third kappa shape index (κ3) is 4.90. The molecule has 25 heavy (non-hydrogen) atoms. The predicted octanol–water partition coefficient (Wildman–Crippen LogP) is 1.93. The van der Waals surface area contributed by atoms with Crippen LogP contribution in [0.25, 0.3) is 0 Å². The van der Waals surface area contributed by atoms with Crippen LogP contribution in [0.15, 0.2) is 29.3 Å². The van der Waals surface area contributed by atoms with Gasteiger partial charge in [-0.25, -0.2) is 4.79 Å². The molecular formula is C17H18N2O5S. The second-order valence-electron chi connectivity index (χ2n) is 4.89. The molecule has 1 saturated heterocycles. The van der Waals surface area contributed by atoms with Crippen LogP contribution in [-0.2, 0) is 14.3 Å². The number of benzene rings is 1. The summed E-state index contributed by atoms with van der Waals surface area (Å²) in [5.74, 6) is 0.654. The zero-order valence-electron chi connectivity index (χ0n) is 14.0. The van der Waals surface area contributed by atoms with E-state index in [0.717, 1.165) is 0 Å². The fraction of sp³-hybridized carbons (Fsp3) is 0.353. The lowest BCUT2D eigenvalue weighted by molar-refractivity contribution is -0.137. The molecule has 0 atom stereocenters. The third-order valence-corrected chi connectivity index (χ3v) is 4.33. The Hall–Kier alpha value is -2.66. The summed E-state index contributed by atoms with van der Waals surface area (Å²) in [5, 5.41) is 9.45. The van der Waals surface area contributed by atoms with Crippen molar-refractivity contribution in [3.05, 3.63) is 34.9 Å². The predicted molar refractivity (Wildman–Crippen MR) is 92.1 cm³/mol. The number of carbonyl (C=O) groups is 2. The van der Waals surface area contributed by atoms with Gasteiger partial charge in [0.2, 0.25) is 5.91 Å². The first kappa shape index (κ1) is 18.7. The van der Waals surface area contributed by atoms with Crippen molar-refractivity contribution in [3.8, 4) is 17.6 Å². The first-order valence-corrected chi connectivity index (χ1v) is 8.60. The highest BCUT2D eigenvalue weighted by Crippen LogP contribution is 2.30. The molecule has 1 aromatic rings.